The molecule has 7 nitrogen and oxygen atoms in total. The molecule has 190 valence electrons. The molecule has 0 aliphatic rings. The monoisotopic (exact) mass is 511 g/mol. The molecule has 37 heavy (non-hydrogen) atoms. The van der Waals surface area contributed by atoms with Gasteiger partial charge in [0, 0.05) is 30.2 Å². The molecular formula is C26H21F4N5O2. The van der Waals surface area contributed by atoms with E-state index in [1.54, 1.807) is 43.6 Å². The Balaban J connectivity index is 1.54. The van der Waals surface area contributed by atoms with E-state index in [1.165, 1.54) is 6.07 Å². The normalized spacial score (nSPS) is 11.2. The summed E-state index contributed by atoms with van der Waals surface area (Å²) in [6, 6.07) is 12.1. The summed E-state index contributed by atoms with van der Waals surface area (Å²) in [6.45, 7) is 4.33. The smallest absolute Gasteiger partial charge is 0.419 e. The molecule has 0 fully saturated rings. The van der Waals surface area contributed by atoms with E-state index in [1.807, 2.05) is 13.0 Å². The van der Waals surface area contributed by atoms with E-state index in [-0.39, 0.29) is 5.56 Å². The van der Waals surface area contributed by atoms with Crippen LogP contribution < -0.4 is 15.4 Å². The number of anilines is 2. The predicted molar refractivity (Wildman–Crippen MR) is 130 cm³/mol. The molecule has 0 atom stereocenters. The molecule has 2 N–H and O–H groups in total. The summed E-state index contributed by atoms with van der Waals surface area (Å²) in [4.78, 5) is 25.5. The van der Waals surface area contributed by atoms with Crippen LogP contribution in [0.3, 0.4) is 0 Å². The van der Waals surface area contributed by atoms with Gasteiger partial charge in [-0.2, -0.15) is 13.2 Å². The number of nitrogens with zero attached hydrogens (tertiary/aromatic N) is 3. The Morgan fingerprint density at radius 3 is 2.57 bits per heavy atom. The molecule has 11 heteroatoms. The molecule has 0 unspecified atom stereocenters. The average Bonchev–Trinajstić information content (AvgIpc) is 2.86. The number of aryl methyl sites for hydroxylation is 1. The first kappa shape index (κ1) is 25.5. The maximum absolute atomic E-state index is 13.5. The Hall–Kier alpha value is -4.54. The second kappa shape index (κ2) is 10.6. The Morgan fingerprint density at radius 2 is 1.84 bits per heavy atom. The number of nitrogens with one attached hydrogen (secondary N) is 2. The highest BCUT2D eigenvalue weighted by atomic mass is 19.4. The van der Waals surface area contributed by atoms with Crippen molar-refractivity contribution >= 4 is 17.5 Å². The summed E-state index contributed by atoms with van der Waals surface area (Å²) in [6.07, 6.45) is -1.72. The van der Waals surface area contributed by atoms with Gasteiger partial charge in [0.05, 0.1) is 16.8 Å². The first-order valence-electron chi connectivity index (χ1n) is 11.1. The minimum atomic E-state index is -4.92. The number of hydrogen-bond acceptors (Lipinski definition) is 6. The topological polar surface area (TPSA) is 89.0 Å². The van der Waals surface area contributed by atoms with Crippen molar-refractivity contribution in [3.63, 3.8) is 0 Å². The average molecular weight is 511 g/mol. The number of rotatable bonds is 7. The third-order valence-corrected chi connectivity index (χ3v) is 5.21. The second-order valence-corrected chi connectivity index (χ2v) is 7.88. The number of hydrogen-bond donors (Lipinski definition) is 2. The molecule has 4 aromatic rings. The molecule has 2 aromatic heterocycles. The van der Waals surface area contributed by atoms with Crippen molar-refractivity contribution in [2.45, 2.75) is 20.0 Å². The molecule has 0 saturated carbocycles. The van der Waals surface area contributed by atoms with Crippen LogP contribution in [0.1, 0.15) is 28.4 Å². The van der Waals surface area contributed by atoms with Crippen LogP contribution in [0.15, 0.2) is 67.0 Å². The largest absolute Gasteiger partial charge is 0.438 e. The van der Waals surface area contributed by atoms with Crippen molar-refractivity contribution < 1.29 is 27.1 Å². The van der Waals surface area contributed by atoms with Crippen LogP contribution in [-0.4, -0.2) is 27.4 Å². The molecule has 2 heterocycles. The van der Waals surface area contributed by atoms with Crippen LogP contribution in [0.4, 0.5) is 29.2 Å². The van der Waals surface area contributed by atoms with E-state index in [0.29, 0.717) is 58.8 Å². The van der Waals surface area contributed by atoms with Gasteiger partial charge in [-0.05, 0) is 74.0 Å². The van der Waals surface area contributed by atoms with E-state index in [9.17, 15) is 22.4 Å². The number of benzene rings is 2. The standard InChI is InChI=1S/C26H21F4N5O2/c1-3-31-25-33-12-10-21(35-25)18-5-4-11-32-24(18)37-22-9-7-17(13-15(22)2)34-23(36)16-6-8-20(27)19(14-16)26(28,29)30/h4-14H,3H2,1-2H3,(H,34,36)(H,31,33,35). The maximum Gasteiger partial charge on any atom is 0.419 e. The fraction of sp³-hybridized carbons (Fsp3) is 0.154. The molecular weight excluding hydrogens is 490 g/mol. The zero-order chi connectivity index (χ0) is 26.6. The van der Waals surface area contributed by atoms with Gasteiger partial charge < -0.3 is 15.4 Å². The number of amides is 1. The quantitative estimate of drug-likeness (QED) is 0.276. The predicted octanol–water partition coefficient (Wildman–Crippen LogP) is 6.48. The van der Waals surface area contributed by atoms with Crippen LogP contribution in [0.2, 0.25) is 0 Å². The SMILES string of the molecule is CCNc1nccc(-c2cccnc2Oc2ccc(NC(=O)c3ccc(F)c(C(F)(F)F)c3)cc2C)n1. The van der Waals surface area contributed by atoms with Crippen molar-refractivity contribution in [2.75, 3.05) is 17.2 Å². The summed E-state index contributed by atoms with van der Waals surface area (Å²) in [5.74, 6) is -1.05. The van der Waals surface area contributed by atoms with Gasteiger partial charge in [-0.1, -0.05) is 0 Å². The summed E-state index contributed by atoms with van der Waals surface area (Å²) >= 11 is 0. The first-order valence-corrected chi connectivity index (χ1v) is 11.1. The lowest BCUT2D eigenvalue weighted by atomic mass is 10.1. The minimum absolute atomic E-state index is 0.300. The van der Waals surface area contributed by atoms with Crippen LogP contribution in [-0.2, 0) is 6.18 Å². The number of carbonyl (C=O) groups is 1. The van der Waals surface area contributed by atoms with Crippen LogP contribution in [0.5, 0.6) is 11.6 Å². The number of carbonyl (C=O) groups excluding carboxylic acids is 1. The van der Waals surface area contributed by atoms with E-state index in [0.717, 1.165) is 6.07 Å². The van der Waals surface area contributed by atoms with Crippen molar-refractivity contribution in [1.29, 1.82) is 0 Å². The lowest BCUT2D eigenvalue weighted by Gasteiger charge is -2.14. The number of aromatic nitrogens is 3. The minimum Gasteiger partial charge on any atom is -0.438 e. The zero-order valence-electron chi connectivity index (χ0n) is 19.7. The van der Waals surface area contributed by atoms with Crippen molar-refractivity contribution in [1.82, 2.24) is 15.0 Å². The molecule has 0 spiro atoms. The fourth-order valence-electron chi connectivity index (χ4n) is 3.45. The molecule has 4 rings (SSSR count). The van der Waals surface area contributed by atoms with Gasteiger partial charge in [0.25, 0.3) is 5.91 Å². The first-order chi connectivity index (χ1) is 17.7. The summed E-state index contributed by atoms with van der Waals surface area (Å²) in [7, 11) is 0. The van der Waals surface area contributed by atoms with Gasteiger partial charge in [-0.25, -0.2) is 19.3 Å². The summed E-state index contributed by atoms with van der Waals surface area (Å²) in [5, 5.41) is 5.57. The Morgan fingerprint density at radius 1 is 1.03 bits per heavy atom. The third-order valence-electron chi connectivity index (χ3n) is 5.21. The molecule has 0 aliphatic carbocycles. The molecule has 0 aliphatic heterocycles. The number of pyridine rings is 1. The lowest BCUT2D eigenvalue weighted by Crippen LogP contribution is -2.15. The third kappa shape index (κ3) is 6.00. The molecule has 1 amide bonds. The maximum atomic E-state index is 13.5. The summed E-state index contributed by atoms with van der Waals surface area (Å²) in [5.41, 5.74) is 0.352. The van der Waals surface area contributed by atoms with Crippen LogP contribution in [0.25, 0.3) is 11.3 Å². The zero-order valence-corrected chi connectivity index (χ0v) is 19.7. The van der Waals surface area contributed by atoms with Crippen molar-refractivity contribution in [3.05, 3.63) is 89.5 Å². The number of ether oxygens (including phenoxy) is 1. The molecule has 0 bridgehead atoms. The van der Waals surface area contributed by atoms with E-state index < -0.39 is 23.5 Å². The Bertz CT molecular complexity index is 1440. The van der Waals surface area contributed by atoms with Gasteiger partial charge >= 0.3 is 6.18 Å². The van der Waals surface area contributed by atoms with Crippen LogP contribution >= 0.6 is 0 Å². The highest BCUT2D eigenvalue weighted by molar-refractivity contribution is 6.04. The van der Waals surface area contributed by atoms with E-state index in [4.69, 9.17) is 4.74 Å². The van der Waals surface area contributed by atoms with Crippen LogP contribution in [0, 0.1) is 12.7 Å². The van der Waals surface area contributed by atoms with E-state index in [2.05, 4.69) is 25.6 Å². The van der Waals surface area contributed by atoms with Gasteiger partial charge in [0.1, 0.15) is 11.6 Å². The van der Waals surface area contributed by atoms with Gasteiger partial charge in [0.2, 0.25) is 11.8 Å². The number of halogens is 4. The highest BCUT2D eigenvalue weighted by Crippen LogP contribution is 2.34. The number of alkyl halides is 3. The molecule has 2 aromatic carbocycles. The van der Waals surface area contributed by atoms with Crippen molar-refractivity contribution in [2.24, 2.45) is 0 Å². The van der Waals surface area contributed by atoms with Crippen molar-refractivity contribution in [3.8, 4) is 22.9 Å². The second-order valence-electron chi connectivity index (χ2n) is 7.88. The lowest BCUT2D eigenvalue weighted by molar-refractivity contribution is -0.140. The highest BCUT2D eigenvalue weighted by Gasteiger charge is 2.34. The van der Waals surface area contributed by atoms with Gasteiger partial charge in [-0.3, -0.25) is 4.79 Å². The van der Waals surface area contributed by atoms with Gasteiger partial charge in [-0.15, -0.1) is 0 Å². The molecule has 0 saturated heterocycles. The summed E-state index contributed by atoms with van der Waals surface area (Å²) < 4.78 is 58.5. The Labute approximate surface area is 209 Å². The Kier molecular flexibility index (Phi) is 7.32. The fourth-order valence-corrected chi connectivity index (χ4v) is 3.45. The van der Waals surface area contributed by atoms with Gasteiger partial charge in [0.15, 0.2) is 0 Å². The molecule has 0 radical (unpaired) electrons. The van der Waals surface area contributed by atoms with E-state index >= 15 is 0 Å².